The van der Waals surface area contributed by atoms with Gasteiger partial charge in [0, 0.05) is 35.8 Å². The number of furan rings is 1. The number of imidazole rings is 1. The van der Waals surface area contributed by atoms with E-state index in [-0.39, 0.29) is 5.91 Å². The van der Waals surface area contributed by atoms with Crippen molar-refractivity contribution < 1.29 is 13.6 Å². The topological polar surface area (TPSA) is 79.4 Å². The van der Waals surface area contributed by atoms with Gasteiger partial charge in [-0.1, -0.05) is 24.3 Å². The minimum Gasteiger partial charge on any atom is -0.458 e. The highest BCUT2D eigenvalue weighted by Gasteiger charge is 2.37. The second-order valence-corrected chi connectivity index (χ2v) is 8.88. The van der Waals surface area contributed by atoms with E-state index in [0.29, 0.717) is 35.4 Å². The van der Waals surface area contributed by atoms with Gasteiger partial charge in [0.15, 0.2) is 0 Å². The number of pyridine rings is 1. The maximum Gasteiger partial charge on any atom is 0.258 e. The summed E-state index contributed by atoms with van der Waals surface area (Å²) in [6.07, 6.45) is 5.49. The van der Waals surface area contributed by atoms with Crippen LogP contribution >= 0.6 is 0 Å². The maximum atomic E-state index is 14.4. The van der Waals surface area contributed by atoms with E-state index in [1.54, 1.807) is 40.3 Å². The number of nitrogens with one attached hydrogen (secondary N) is 1. The number of aromatic amines is 1. The molecule has 5 heterocycles. The molecule has 8 heteroatoms. The molecule has 5 aromatic rings. The molecule has 0 bridgehead atoms. The Bertz CT molecular complexity index is 1470. The molecular formula is C25H22FN5O2. The third-order valence-corrected chi connectivity index (χ3v) is 6.33. The molecule has 1 aliphatic heterocycles. The highest BCUT2D eigenvalue weighted by Crippen LogP contribution is 2.37. The van der Waals surface area contributed by atoms with Crippen LogP contribution in [0, 0.1) is 0 Å². The molecule has 1 atom stereocenters. The molecule has 0 saturated heterocycles. The van der Waals surface area contributed by atoms with Gasteiger partial charge < -0.3 is 14.3 Å². The molecule has 33 heavy (non-hydrogen) atoms. The number of rotatable bonds is 3. The lowest BCUT2D eigenvalue weighted by Crippen LogP contribution is -2.40. The van der Waals surface area contributed by atoms with E-state index in [2.05, 4.69) is 15.1 Å². The fourth-order valence-corrected chi connectivity index (χ4v) is 4.58. The first-order valence-electron chi connectivity index (χ1n) is 10.9. The van der Waals surface area contributed by atoms with Gasteiger partial charge >= 0.3 is 0 Å². The predicted octanol–water partition coefficient (Wildman–Crippen LogP) is 4.80. The minimum absolute atomic E-state index is 0.170. The Morgan fingerprint density at radius 1 is 1.24 bits per heavy atom. The number of amides is 1. The second kappa shape index (κ2) is 7.03. The van der Waals surface area contributed by atoms with Crippen molar-refractivity contribution in [2.45, 2.75) is 32.0 Å². The van der Waals surface area contributed by atoms with Crippen molar-refractivity contribution in [1.29, 1.82) is 0 Å². The number of nitrogens with zero attached hydrogens (tertiary/aromatic N) is 4. The monoisotopic (exact) mass is 443 g/mol. The Kier molecular flexibility index (Phi) is 4.20. The Balaban J connectivity index is 1.44. The van der Waals surface area contributed by atoms with Crippen molar-refractivity contribution in [3.05, 3.63) is 89.5 Å². The number of carbonyl (C=O) groups is 1. The summed E-state index contributed by atoms with van der Waals surface area (Å²) >= 11 is 0. The first kappa shape index (κ1) is 19.7. The van der Waals surface area contributed by atoms with Crippen molar-refractivity contribution in [3.8, 4) is 0 Å². The molecule has 0 saturated carbocycles. The highest BCUT2D eigenvalue weighted by molar-refractivity contribution is 6.01. The lowest BCUT2D eigenvalue weighted by Gasteiger charge is -2.33. The van der Waals surface area contributed by atoms with E-state index >= 15 is 0 Å². The van der Waals surface area contributed by atoms with Gasteiger partial charge in [-0.25, -0.2) is 13.9 Å². The highest BCUT2D eigenvalue weighted by atomic mass is 19.1. The van der Waals surface area contributed by atoms with Gasteiger partial charge in [-0.3, -0.25) is 4.79 Å². The number of para-hydroxylation sites is 1. The quantitative estimate of drug-likeness (QED) is 0.435. The van der Waals surface area contributed by atoms with E-state index in [1.165, 1.54) is 13.8 Å². The zero-order chi connectivity index (χ0) is 22.7. The SMILES string of the molecule is CC(C)(F)c1ccc2c(C(=O)N3CCc4[nH]cnc4[C@H]3c3cc4ccccc4o3)cnn2c1. The molecule has 6 rings (SSSR count). The molecule has 4 aromatic heterocycles. The second-order valence-electron chi connectivity index (χ2n) is 8.88. The third-order valence-electron chi connectivity index (χ3n) is 6.33. The van der Waals surface area contributed by atoms with Crippen LogP contribution in [0.25, 0.3) is 16.5 Å². The number of alkyl halides is 1. The van der Waals surface area contributed by atoms with Gasteiger partial charge in [-0.15, -0.1) is 0 Å². The fourth-order valence-electron chi connectivity index (χ4n) is 4.58. The summed E-state index contributed by atoms with van der Waals surface area (Å²) in [5.74, 6) is 0.493. The van der Waals surface area contributed by atoms with Crippen molar-refractivity contribution in [2.24, 2.45) is 0 Å². The number of fused-ring (bicyclic) bond motifs is 3. The van der Waals surface area contributed by atoms with E-state index < -0.39 is 11.7 Å². The predicted molar refractivity (Wildman–Crippen MR) is 121 cm³/mol. The maximum absolute atomic E-state index is 14.4. The number of halogens is 1. The van der Waals surface area contributed by atoms with Crippen molar-refractivity contribution in [1.82, 2.24) is 24.5 Å². The number of benzene rings is 1. The lowest BCUT2D eigenvalue weighted by molar-refractivity contribution is 0.0675. The molecule has 0 unspecified atom stereocenters. The Hall–Kier alpha value is -3.94. The van der Waals surface area contributed by atoms with Crippen LogP contribution < -0.4 is 0 Å². The van der Waals surface area contributed by atoms with Gasteiger partial charge in [0.25, 0.3) is 5.91 Å². The molecule has 166 valence electrons. The molecule has 0 aliphatic carbocycles. The van der Waals surface area contributed by atoms with E-state index in [1.807, 2.05) is 30.3 Å². The zero-order valence-electron chi connectivity index (χ0n) is 18.2. The molecule has 7 nitrogen and oxygen atoms in total. The molecule has 1 N–H and O–H groups in total. The summed E-state index contributed by atoms with van der Waals surface area (Å²) in [6.45, 7) is 3.50. The Labute approximate surface area is 188 Å². The standard InChI is InChI=1S/C25H22FN5O2/c1-25(2,26)16-7-8-19-17(12-29-31(19)13-16)24(32)30-10-9-18-22(28-14-27-18)23(30)21-11-15-5-3-4-6-20(15)33-21/h3-8,11-14,23H,9-10H2,1-2H3,(H,27,28)/t23-/m1/s1. The third kappa shape index (κ3) is 3.13. The smallest absolute Gasteiger partial charge is 0.258 e. The van der Waals surface area contributed by atoms with Crippen LogP contribution in [0.4, 0.5) is 4.39 Å². The molecule has 0 spiro atoms. The molecule has 1 aliphatic rings. The van der Waals surface area contributed by atoms with Crippen molar-refractivity contribution in [2.75, 3.05) is 6.54 Å². The molecular weight excluding hydrogens is 421 g/mol. The normalized spacial score (nSPS) is 16.5. The van der Waals surface area contributed by atoms with Crippen LogP contribution in [0.15, 0.2) is 65.6 Å². The van der Waals surface area contributed by atoms with Crippen LogP contribution in [-0.2, 0) is 12.1 Å². The zero-order valence-corrected chi connectivity index (χ0v) is 18.2. The Morgan fingerprint density at radius 2 is 2.09 bits per heavy atom. The number of H-pyrrole nitrogens is 1. The average molecular weight is 443 g/mol. The Morgan fingerprint density at radius 3 is 2.91 bits per heavy atom. The average Bonchev–Trinajstić information content (AvgIpc) is 3.54. The summed E-state index contributed by atoms with van der Waals surface area (Å²) in [5, 5.41) is 5.30. The van der Waals surface area contributed by atoms with Crippen molar-refractivity contribution in [3.63, 3.8) is 0 Å². The van der Waals surface area contributed by atoms with Gasteiger partial charge in [-0.05, 0) is 32.0 Å². The van der Waals surface area contributed by atoms with Gasteiger partial charge in [0.2, 0.25) is 0 Å². The van der Waals surface area contributed by atoms with Crippen LogP contribution in [0.3, 0.4) is 0 Å². The summed E-state index contributed by atoms with van der Waals surface area (Å²) < 4.78 is 22.1. The molecule has 1 amide bonds. The van der Waals surface area contributed by atoms with E-state index in [9.17, 15) is 9.18 Å². The summed E-state index contributed by atoms with van der Waals surface area (Å²) in [7, 11) is 0. The minimum atomic E-state index is -1.50. The number of hydrogen-bond donors (Lipinski definition) is 1. The fraction of sp³-hybridized carbons (Fsp3) is 0.240. The number of carbonyl (C=O) groups excluding carboxylic acids is 1. The van der Waals surface area contributed by atoms with E-state index in [0.717, 1.165) is 22.4 Å². The first-order chi connectivity index (χ1) is 15.9. The van der Waals surface area contributed by atoms with E-state index in [4.69, 9.17) is 4.42 Å². The molecule has 0 radical (unpaired) electrons. The van der Waals surface area contributed by atoms with Crippen LogP contribution in [0.5, 0.6) is 0 Å². The summed E-state index contributed by atoms with van der Waals surface area (Å²) in [4.78, 5) is 23.3. The van der Waals surface area contributed by atoms with Gasteiger partial charge in [-0.2, -0.15) is 5.10 Å². The largest absolute Gasteiger partial charge is 0.458 e. The lowest BCUT2D eigenvalue weighted by atomic mass is 9.99. The van der Waals surface area contributed by atoms with Gasteiger partial charge in [0.1, 0.15) is 23.1 Å². The molecule has 0 fully saturated rings. The first-order valence-corrected chi connectivity index (χ1v) is 10.9. The number of hydrogen-bond acceptors (Lipinski definition) is 4. The molecule has 1 aromatic carbocycles. The van der Waals surface area contributed by atoms with Crippen LogP contribution in [0.1, 0.15) is 53.0 Å². The van der Waals surface area contributed by atoms with Crippen molar-refractivity contribution >= 4 is 22.4 Å². The van der Waals surface area contributed by atoms with Gasteiger partial charge in [0.05, 0.1) is 29.3 Å². The number of aromatic nitrogens is 4. The van der Waals surface area contributed by atoms with Crippen LogP contribution in [0.2, 0.25) is 0 Å². The van der Waals surface area contributed by atoms with Crippen LogP contribution in [-0.4, -0.2) is 36.9 Å². The summed E-state index contributed by atoms with van der Waals surface area (Å²) in [6, 6.07) is 12.7. The summed E-state index contributed by atoms with van der Waals surface area (Å²) in [5.41, 5.74) is 2.63.